The molecule has 0 saturated heterocycles. The number of hydrogen-bond acceptors (Lipinski definition) is 3. The van der Waals surface area contributed by atoms with Crippen molar-refractivity contribution in [3.63, 3.8) is 0 Å². The fourth-order valence-electron chi connectivity index (χ4n) is 2.47. The molecule has 0 fully saturated rings. The highest BCUT2D eigenvalue weighted by Gasteiger charge is 2.17. The van der Waals surface area contributed by atoms with E-state index in [2.05, 4.69) is 15.9 Å². The molecule has 0 atom stereocenters. The second-order valence-corrected chi connectivity index (χ2v) is 5.55. The Morgan fingerprint density at radius 1 is 1.09 bits per heavy atom. The van der Waals surface area contributed by atoms with Gasteiger partial charge in [-0.15, -0.1) is 0 Å². The zero-order valence-corrected chi connectivity index (χ0v) is 13.5. The average Bonchev–Trinajstić information content (AvgIpc) is 2.57. The third-order valence-electron chi connectivity index (χ3n) is 3.60. The SMILES string of the molecule is Cc1c(-c2ccccc2)oc2c(C(=O)CBr)cccc2c1=O. The molecule has 0 unspecified atom stereocenters. The maximum atomic E-state index is 12.6. The highest BCUT2D eigenvalue weighted by atomic mass is 79.9. The summed E-state index contributed by atoms with van der Waals surface area (Å²) in [4.78, 5) is 24.7. The lowest BCUT2D eigenvalue weighted by Gasteiger charge is -2.09. The van der Waals surface area contributed by atoms with Gasteiger partial charge in [-0.1, -0.05) is 52.3 Å². The molecule has 0 N–H and O–H groups in total. The first-order valence-electron chi connectivity index (χ1n) is 6.84. The molecule has 0 radical (unpaired) electrons. The Morgan fingerprint density at radius 3 is 2.50 bits per heavy atom. The maximum Gasteiger partial charge on any atom is 0.196 e. The molecule has 2 aromatic carbocycles. The number of fused-ring (bicyclic) bond motifs is 1. The summed E-state index contributed by atoms with van der Waals surface area (Å²) in [6, 6.07) is 14.5. The van der Waals surface area contributed by atoms with Crippen LogP contribution in [0.3, 0.4) is 0 Å². The lowest BCUT2D eigenvalue weighted by molar-refractivity contribution is 0.102. The molecule has 3 nitrogen and oxygen atoms in total. The summed E-state index contributed by atoms with van der Waals surface area (Å²) in [5, 5.41) is 0.619. The maximum absolute atomic E-state index is 12.6. The predicted octanol–water partition coefficient (Wildman–Crippen LogP) is 4.35. The molecule has 0 aliphatic heterocycles. The third-order valence-corrected chi connectivity index (χ3v) is 4.11. The quantitative estimate of drug-likeness (QED) is 0.517. The normalized spacial score (nSPS) is 10.8. The number of Topliss-reactive ketones (excluding diaryl/α,β-unsaturated/α-hetero) is 1. The van der Waals surface area contributed by atoms with E-state index in [1.54, 1.807) is 25.1 Å². The van der Waals surface area contributed by atoms with Crippen molar-refractivity contribution in [2.24, 2.45) is 0 Å². The van der Waals surface area contributed by atoms with Gasteiger partial charge in [0.2, 0.25) is 0 Å². The van der Waals surface area contributed by atoms with E-state index in [0.717, 1.165) is 5.56 Å². The molecule has 1 heterocycles. The summed E-state index contributed by atoms with van der Waals surface area (Å²) >= 11 is 3.16. The Labute approximate surface area is 135 Å². The minimum absolute atomic E-state index is 0.107. The van der Waals surface area contributed by atoms with Crippen LogP contribution >= 0.6 is 15.9 Å². The van der Waals surface area contributed by atoms with E-state index in [-0.39, 0.29) is 16.5 Å². The van der Waals surface area contributed by atoms with Crippen molar-refractivity contribution >= 4 is 32.7 Å². The Hall–Kier alpha value is -2.20. The van der Waals surface area contributed by atoms with E-state index in [4.69, 9.17) is 4.42 Å². The summed E-state index contributed by atoms with van der Waals surface area (Å²) in [5.41, 5.74) is 2.02. The van der Waals surface area contributed by atoms with Gasteiger partial charge < -0.3 is 4.42 Å². The number of alkyl halides is 1. The van der Waals surface area contributed by atoms with E-state index < -0.39 is 0 Å². The summed E-state index contributed by atoms with van der Waals surface area (Å²) in [6.45, 7) is 1.74. The zero-order valence-electron chi connectivity index (χ0n) is 11.9. The highest BCUT2D eigenvalue weighted by Crippen LogP contribution is 2.27. The number of ketones is 1. The van der Waals surface area contributed by atoms with Crippen LogP contribution in [0.25, 0.3) is 22.3 Å². The minimum atomic E-state index is -0.114. The van der Waals surface area contributed by atoms with Crippen molar-refractivity contribution in [2.45, 2.75) is 6.92 Å². The zero-order chi connectivity index (χ0) is 15.7. The lowest BCUT2D eigenvalue weighted by atomic mass is 10.0. The van der Waals surface area contributed by atoms with Gasteiger partial charge in [0.05, 0.1) is 16.3 Å². The standard InChI is InChI=1S/C18H13BrO3/c1-11-16(21)14-9-5-8-13(15(20)10-19)18(14)22-17(11)12-6-3-2-4-7-12/h2-9H,10H2,1H3. The molecule has 0 saturated carbocycles. The molecule has 22 heavy (non-hydrogen) atoms. The fraction of sp³-hybridized carbons (Fsp3) is 0.111. The monoisotopic (exact) mass is 356 g/mol. The molecule has 0 spiro atoms. The van der Waals surface area contributed by atoms with Crippen molar-refractivity contribution in [2.75, 3.05) is 5.33 Å². The van der Waals surface area contributed by atoms with Gasteiger partial charge in [-0.05, 0) is 19.1 Å². The van der Waals surface area contributed by atoms with Crippen molar-refractivity contribution in [1.82, 2.24) is 0 Å². The van der Waals surface area contributed by atoms with Gasteiger partial charge in [0.25, 0.3) is 0 Å². The summed E-state index contributed by atoms with van der Waals surface area (Å²) in [6.07, 6.45) is 0. The van der Waals surface area contributed by atoms with Crippen LogP contribution in [0.5, 0.6) is 0 Å². The number of hydrogen-bond donors (Lipinski definition) is 0. The van der Waals surface area contributed by atoms with Gasteiger partial charge in [-0.3, -0.25) is 9.59 Å². The molecule has 3 rings (SSSR count). The van der Waals surface area contributed by atoms with E-state index in [1.165, 1.54) is 0 Å². The Bertz CT molecular complexity index is 911. The predicted molar refractivity (Wildman–Crippen MR) is 90.8 cm³/mol. The van der Waals surface area contributed by atoms with Gasteiger partial charge in [-0.2, -0.15) is 0 Å². The number of halogens is 1. The van der Waals surface area contributed by atoms with Crippen LogP contribution in [-0.2, 0) is 0 Å². The van der Waals surface area contributed by atoms with Crippen molar-refractivity contribution in [3.8, 4) is 11.3 Å². The number of rotatable bonds is 3. The lowest BCUT2D eigenvalue weighted by Crippen LogP contribution is -2.10. The van der Waals surface area contributed by atoms with Crippen molar-refractivity contribution in [3.05, 3.63) is 69.9 Å². The second-order valence-electron chi connectivity index (χ2n) is 4.99. The van der Waals surface area contributed by atoms with E-state index >= 15 is 0 Å². The van der Waals surface area contributed by atoms with Crippen molar-refractivity contribution in [1.29, 1.82) is 0 Å². The largest absolute Gasteiger partial charge is 0.455 e. The van der Waals surface area contributed by atoms with Crippen LogP contribution < -0.4 is 5.43 Å². The molecular formula is C18H13BrO3. The fourth-order valence-corrected chi connectivity index (χ4v) is 2.77. The average molecular weight is 357 g/mol. The van der Waals surface area contributed by atoms with Gasteiger partial charge >= 0.3 is 0 Å². The summed E-state index contributed by atoms with van der Waals surface area (Å²) < 4.78 is 5.97. The molecule has 3 aromatic rings. The van der Waals surface area contributed by atoms with E-state index in [1.807, 2.05) is 30.3 Å². The number of para-hydroxylation sites is 1. The van der Waals surface area contributed by atoms with Gasteiger partial charge in [0.15, 0.2) is 11.2 Å². The molecule has 0 amide bonds. The molecule has 1 aromatic heterocycles. The molecule has 110 valence electrons. The van der Waals surface area contributed by atoms with Gasteiger partial charge in [0, 0.05) is 11.1 Å². The first-order chi connectivity index (χ1) is 10.6. The third kappa shape index (κ3) is 2.40. The minimum Gasteiger partial charge on any atom is -0.455 e. The smallest absolute Gasteiger partial charge is 0.196 e. The van der Waals surface area contributed by atoms with Crippen LogP contribution in [0.1, 0.15) is 15.9 Å². The van der Waals surface area contributed by atoms with Gasteiger partial charge in [0.1, 0.15) is 11.3 Å². The van der Waals surface area contributed by atoms with Crippen molar-refractivity contribution < 1.29 is 9.21 Å². The number of carbonyl (C=O) groups is 1. The summed E-state index contributed by atoms with van der Waals surface area (Å²) in [7, 11) is 0. The molecule has 0 aliphatic rings. The molecule has 0 aliphatic carbocycles. The van der Waals surface area contributed by atoms with E-state index in [0.29, 0.717) is 27.9 Å². The first-order valence-corrected chi connectivity index (χ1v) is 7.96. The van der Waals surface area contributed by atoms with Crippen LogP contribution in [0.2, 0.25) is 0 Å². The molecule has 4 heteroatoms. The van der Waals surface area contributed by atoms with Crippen LogP contribution in [0.4, 0.5) is 0 Å². The Balaban J connectivity index is 2.39. The highest BCUT2D eigenvalue weighted by molar-refractivity contribution is 9.09. The number of carbonyl (C=O) groups excluding carboxylic acids is 1. The summed E-state index contributed by atoms with van der Waals surface area (Å²) in [5.74, 6) is 0.393. The topological polar surface area (TPSA) is 47.3 Å². The molecular weight excluding hydrogens is 344 g/mol. The first kappa shape index (κ1) is 14.7. The Kier molecular flexibility index (Phi) is 3.94. The number of benzene rings is 2. The van der Waals surface area contributed by atoms with Crippen LogP contribution in [0.15, 0.2) is 57.7 Å². The van der Waals surface area contributed by atoms with Gasteiger partial charge in [-0.25, -0.2) is 0 Å². The second kappa shape index (κ2) is 5.89. The Morgan fingerprint density at radius 2 is 1.82 bits per heavy atom. The van der Waals surface area contributed by atoms with Crippen LogP contribution in [0, 0.1) is 6.92 Å². The van der Waals surface area contributed by atoms with E-state index in [9.17, 15) is 9.59 Å². The van der Waals surface area contributed by atoms with Crippen LogP contribution in [-0.4, -0.2) is 11.1 Å². The molecule has 0 bridgehead atoms.